The normalized spacial score (nSPS) is 14.8. The third-order valence-electron chi connectivity index (χ3n) is 6.09. The van der Waals surface area contributed by atoms with E-state index in [1.54, 1.807) is 19.2 Å². The van der Waals surface area contributed by atoms with Crippen molar-refractivity contribution in [3.05, 3.63) is 60.7 Å². The van der Waals surface area contributed by atoms with Gasteiger partial charge in [0.25, 0.3) is 5.92 Å². The molecule has 1 aromatic heterocycles. The average molecular weight is 468 g/mol. The van der Waals surface area contributed by atoms with E-state index in [0.29, 0.717) is 17.1 Å². The Labute approximate surface area is 199 Å². The zero-order chi connectivity index (χ0) is 24.1. The van der Waals surface area contributed by atoms with Crippen LogP contribution in [0.3, 0.4) is 0 Å². The summed E-state index contributed by atoms with van der Waals surface area (Å²) in [5.41, 5.74) is 10.1. The highest BCUT2D eigenvalue weighted by Crippen LogP contribution is 2.30. The molecule has 1 aliphatic heterocycles. The van der Waals surface area contributed by atoms with Gasteiger partial charge in [-0.05, 0) is 55.6 Å². The third kappa shape index (κ3) is 5.81. The number of rotatable bonds is 8. The molecule has 8 heteroatoms. The van der Waals surface area contributed by atoms with Crippen molar-refractivity contribution < 1.29 is 13.5 Å². The minimum absolute atomic E-state index is 0.544. The second-order valence-electron chi connectivity index (χ2n) is 8.61. The summed E-state index contributed by atoms with van der Waals surface area (Å²) in [6, 6.07) is 19.3. The molecule has 6 nitrogen and oxygen atoms in total. The Hall–Kier alpha value is -3.23. The lowest BCUT2D eigenvalue weighted by Gasteiger charge is -2.34. The molecule has 0 amide bonds. The van der Waals surface area contributed by atoms with Crippen molar-refractivity contribution in [3.8, 4) is 28.3 Å². The van der Waals surface area contributed by atoms with Gasteiger partial charge in [-0.3, -0.25) is 0 Å². The Morgan fingerprint density at radius 1 is 0.941 bits per heavy atom. The molecule has 2 heterocycles. The number of benzene rings is 2. The van der Waals surface area contributed by atoms with Crippen molar-refractivity contribution in [3.63, 3.8) is 0 Å². The molecule has 0 radical (unpaired) electrons. The monoisotopic (exact) mass is 467 g/mol. The molecule has 4 rings (SSSR count). The van der Waals surface area contributed by atoms with Crippen LogP contribution < -0.4 is 20.7 Å². The van der Waals surface area contributed by atoms with Crippen LogP contribution in [0.1, 0.15) is 0 Å². The average Bonchev–Trinajstić information content (AvgIpc) is 2.88. The molecule has 0 aliphatic carbocycles. The van der Waals surface area contributed by atoms with E-state index in [0.717, 1.165) is 43.1 Å². The number of piperazine rings is 1. The van der Waals surface area contributed by atoms with Gasteiger partial charge < -0.3 is 25.6 Å². The Morgan fingerprint density at radius 3 is 2.03 bits per heavy atom. The van der Waals surface area contributed by atoms with Crippen molar-refractivity contribution in [2.24, 2.45) is 5.73 Å². The number of hydrogen-bond acceptors (Lipinski definition) is 6. The first-order chi connectivity index (χ1) is 16.4. The quantitative estimate of drug-likeness (QED) is 0.518. The van der Waals surface area contributed by atoms with E-state index >= 15 is 0 Å². The minimum atomic E-state index is -2.99. The summed E-state index contributed by atoms with van der Waals surface area (Å²) in [4.78, 5) is 9.52. The Morgan fingerprint density at radius 2 is 1.50 bits per heavy atom. The van der Waals surface area contributed by atoms with Gasteiger partial charge >= 0.3 is 0 Å². The standard InChI is InChI=1S/C26H31F2N5O/c1-32-11-13-33(14-12-32)22-7-3-19(4-8-22)24-15-21(30-18-26(27,28)17-29)16-25(31-24)20-5-9-23(34-2)10-6-20/h3-10,15-16H,11-14,17-18,29H2,1-2H3,(H,30,31). The van der Waals surface area contributed by atoms with Gasteiger partial charge in [-0.25, -0.2) is 13.8 Å². The maximum absolute atomic E-state index is 13.8. The highest BCUT2D eigenvalue weighted by molar-refractivity contribution is 5.73. The van der Waals surface area contributed by atoms with E-state index in [1.807, 2.05) is 36.4 Å². The zero-order valence-electron chi connectivity index (χ0n) is 19.6. The summed E-state index contributed by atoms with van der Waals surface area (Å²) in [5.74, 6) is -2.26. The molecule has 0 atom stereocenters. The summed E-state index contributed by atoms with van der Waals surface area (Å²) in [5, 5.41) is 2.84. The molecule has 1 aliphatic rings. The van der Waals surface area contributed by atoms with Crippen molar-refractivity contribution in [1.82, 2.24) is 9.88 Å². The van der Waals surface area contributed by atoms with Crippen molar-refractivity contribution >= 4 is 11.4 Å². The molecule has 3 aromatic rings. The Balaban J connectivity index is 1.64. The van der Waals surface area contributed by atoms with Gasteiger partial charge in [0.15, 0.2) is 0 Å². The van der Waals surface area contributed by atoms with Crippen LogP contribution >= 0.6 is 0 Å². The number of likely N-dealkylation sites (N-methyl/N-ethyl adjacent to an activating group) is 1. The number of nitrogens with zero attached hydrogens (tertiary/aromatic N) is 3. The molecule has 0 saturated carbocycles. The van der Waals surface area contributed by atoms with Gasteiger partial charge in [0.2, 0.25) is 0 Å². The predicted molar refractivity (Wildman–Crippen MR) is 134 cm³/mol. The van der Waals surface area contributed by atoms with Crippen LogP contribution in [0.2, 0.25) is 0 Å². The largest absolute Gasteiger partial charge is 0.497 e. The van der Waals surface area contributed by atoms with E-state index in [1.165, 1.54) is 5.69 Å². The maximum atomic E-state index is 13.8. The van der Waals surface area contributed by atoms with Crippen LogP contribution in [0, 0.1) is 0 Å². The van der Waals surface area contributed by atoms with Gasteiger partial charge in [0.05, 0.1) is 31.6 Å². The van der Waals surface area contributed by atoms with Crippen LogP contribution in [0.15, 0.2) is 60.7 Å². The van der Waals surface area contributed by atoms with Gasteiger partial charge in [0.1, 0.15) is 5.75 Å². The van der Waals surface area contributed by atoms with Crippen molar-refractivity contribution in [1.29, 1.82) is 0 Å². The van der Waals surface area contributed by atoms with E-state index in [4.69, 9.17) is 15.5 Å². The summed E-state index contributed by atoms with van der Waals surface area (Å²) >= 11 is 0. The molecule has 0 unspecified atom stereocenters. The molecule has 180 valence electrons. The number of halogens is 2. The molecule has 3 N–H and O–H groups in total. The summed E-state index contributed by atoms with van der Waals surface area (Å²) in [6.45, 7) is 2.80. The lowest BCUT2D eigenvalue weighted by molar-refractivity contribution is 0.0254. The first-order valence-corrected chi connectivity index (χ1v) is 11.4. The summed E-state index contributed by atoms with van der Waals surface area (Å²) in [7, 11) is 3.75. The number of nitrogens with one attached hydrogen (secondary N) is 1. The number of pyridine rings is 1. The predicted octanol–water partition coefficient (Wildman–Crippen LogP) is 4.18. The second-order valence-corrected chi connectivity index (χ2v) is 8.61. The second kappa shape index (κ2) is 10.4. The SMILES string of the molecule is COc1ccc(-c2cc(NCC(F)(F)CN)cc(-c3ccc(N4CCN(C)CC4)cc3)n2)cc1. The fourth-order valence-electron chi connectivity index (χ4n) is 3.90. The minimum Gasteiger partial charge on any atom is -0.497 e. The van der Waals surface area contributed by atoms with Gasteiger partial charge in [0, 0.05) is 48.7 Å². The molecule has 1 fully saturated rings. The number of nitrogens with two attached hydrogens (primary N) is 1. The molecule has 0 bridgehead atoms. The molecule has 2 aromatic carbocycles. The number of methoxy groups -OCH3 is 1. The van der Waals surface area contributed by atoms with Crippen molar-refractivity contribution in [2.75, 3.05) is 63.6 Å². The zero-order valence-corrected chi connectivity index (χ0v) is 19.6. The van der Waals surface area contributed by atoms with Gasteiger partial charge in [-0.15, -0.1) is 0 Å². The fourth-order valence-corrected chi connectivity index (χ4v) is 3.90. The van der Waals surface area contributed by atoms with Crippen LogP contribution in [-0.2, 0) is 0 Å². The fraction of sp³-hybridized carbons (Fsp3) is 0.346. The first kappa shape index (κ1) is 23.9. The molecular weight excluding hydrogens is 436 g/mol. The van der Waals surface area contributed by atoms with E-state index in [-0.39, 0.29) is 0 Å². The number of anilines is 2. The lowest BCUT2D eigenvalue weighted by atomic mass is 10.1. The third-order valence-corrected chi connectivity index (χ3v) is 6.09. The summed E-state index contributed by atoms with van der Waals surface area (Å²) < 4.78 is 32.8. The van der Waals surface area contributed by atoms with Gasteiger partial charge in [-0.1, -0.05) is 12.1 Å². The smallest absolute Gasteiger partial charge is 0.276 e. The number of ether oxygens (including phenoxy) is 1. The molecule has 0 spiro atoms. The van der Waals surface area contributed by atoms with Gasteiger partial charge in [-0.2, -0.15) is 0 Å². The number of hydrogen-bond donors (Lipinski definition) is 2. The van der Waals surface area contributed by atoms with E-state index < -0.39 is 19.0 Å². The first-order valence-electron chi connectivity index (χ1n) is 11.4. The highest BCUT2D eigenvalue weighted by Gasteiger charge is 2.26. The van der Waals surface area contributed by atoms with Crippen LogP contribution in [-0.4, -0.2) is 69.2 Å². The molecule has 1 saturated heterocycles. The summed E-state index contributed by atoms with van der Waals surface area (Å²) in [6.07, 6.45) is 0. The topological polar surface area (TPSA) is 66.7 Å². The number of alkyl halides is 2. The Kier molecular flexibility index (Phi) is 7.29. The van der Waals surface area contributed by atoms with E-state index in [2.05, 4.69) is 34.3 Å². The van der Waals surface area contributed by atoms with Crippen LogP contribution in [0.25, 0.3) is 22.5 Å². The lowest BCUT2D eigenvalue weighted by Crippen LogP contribution is -2.44. The molecule has 34 heavy (non-hydrogen) atoms. The highest BCUT2D eigenvalue weighted by atomic mass is 19.3. The van der Waals surface area contributed by atoms with E-state index in [9.17, 15) is 8.78 Å². The molecular formula is C26H31F2N5O. The van der Waals surface area contributed by atoms with Crippen LogP contribution in [0.4, 0.5) is 20.2 Å². The Bertz CT molecular complexity index is 1080. The maximum Gasteiger partial charge on any atom is 0.276 e. The van der Waals surface area contributed by atoms with Crippen molar-refractivity contribution in [2.45, 2.75) is 5.92 Å². The number of aromatic nitrogens is 1. The van der Waals surface area contributed by atoms with Crippen LogP contribution in [0.5, 0.6) is 5.75 Å².